The Morgan fingerprint density at radius 3 is 2.55 bits per heavy atom. The van der Waals surface area contributed by atoms with E-state index in [-0.39, 0.29) is 11.6 Å². The number of aromatic nitrogens is 3. The monoisotopic (exact) mass is 439 g/mol. The van der Waals surface area contributed by atoms with Gasteiger partial charge < -0.3 is 9.64 Å². The zero-order valence-electron chi connectivity index (χ0n) is 16.9. The predicted molar refractivity (Wildman–Crippen MR) is 115 cm³/mol. The van der Waals surface area contributed by atoms with E-state index in [1.807, 2.05) is 40.7 Å². The lowest BCUT2D eigenvalue weighted by Crippen LogP contribution is -2.41. The van der Waals surface area contributed by atoms with Gasteiger partial charge in [-0.3, -0.25) is 19.5 Å². The maximum absolute atomic E-state index is 13.0. The molecule has 0 unspecified atom stereocenters. The first-order valence-corrected chi connectivity index (χ1v) is 10.8. The molecule has 3 aromatic rings. The summed E-state index contributed by atoms with van der Waals surface area (Å²) in [5.74, 6) is 1.22. The number of hydrogen-bond donors (Lipinski definition) is 0. The molecule has 2 heterocycles. The predicted octanol–water partition coefficient (Wildman–Crippen LogP) is 3.25. The van der Waals surface area contributed by atoms with Crippen LogP contribution in [0, 0.1) is 17.0 Å². The quantitative estimate of drug-likeness (QED) is 0.330. The van der Waals surface area contributed by atoms with E-state index in [4.69, 9.17) is 4.74 Å². The second-order valence-corrected chi connectivity index (χ2v) is 7.93. The largest absolute Gasteiger partial charge is 0.378 e. The molecule has 0 spiro atoms. The lowest BCUT2D eigenvalue weighted by Gasteiger charge is -2.27. The number of nitro benzene ring substituents is 1. The molecule has 31 heavy (non-hydrogen) atoms. The van der Waals surface area contributed by atoms with E-state index in [1.165, 1.54) is 23.9 Å². The number of hydrogen-bond acceptors (Lipinski definition) is 7. The Hall–Kier alpha value is -3.24. The van der Waals surface area contributed by atoms with Crippen LogP contribution in [-0.2, 0) is 10.5 Å². The molecule has 2 aromatic carbocycles. The van der Waals surface area contributed by atoms with Crippen molar-refractivity contribution in [1.29, 1.82) is 0 Å². The van der Waals surface area contributed by atoms with Gasteiger partial charge in [-0.05, 0) is 30.7 Å². The van der Waals surface area contributed by atoms with Gasteiger partial charge >= 0.3 is 0 Å². The number of morpholine rings is 1. The number of rotatable bonds is 6. The number of aryl methyl sites for hydroxylation is 1. The topological polar surface area (TPSA) is 103 Å². The van der Waals surface area contributed by atoms with Crippen LogP contribution in [-0.4, -0.2) is 56.8 Å². The average molecular weight is 439 g/mol. The van der Waals surface area contributed by atoms with Crippen molar-refractivity contribution < 1.29 is 14.5 Å². The lowest BCUT2D eigenvalue weighted by atomic mass is 10.1. The van der Waals surface area contributed by atoms with E-state index >= 15 is 0 Å². The summed E-state index contributed by atoms with van der Waals surface area (Å²) in [7, 11) is 0. The fourth-order valence-electron chi connectivity index (χ4n) is 3.39. The van der Waals surface area contributed by atoms with Crippen LogP contribution in [0.4, 0.5) is 5.69 Å². The minimum absolute atomic E-state index is 0.00696. The van der Waals surface area contributed by atoms with Crippen molar-refractivity contribution in [2.45, 2.75) is 17.8 Å². The minimum atomic E-state index is -0.430. The summed E-state index contributed by atoms with van der Waals surface area (Å²) >= 11 is 1.46. The standard InChI is InChI=1S/C21H21N5O4S/c1-15-22-23-21(25(15)17-6-8-18(9-7-17)26(28)29)31-14-16-4-2-3-5-19(16)20(27)24-10-12-30-13-11-24/h2-9H,10-14H2,1H3. The van der Waals surface area contributed by atoms with Crippen LogP contribution in [0.5, 0.6) is 0 Å². The van der Waals surface area contributed by atoms with Gasteiger partial charge in [-0.25, -0.2) is 0 Å². The highest BCUT2D eigenvalue weighted by molar-refractivity contribution is 7.98. The van der Waals surface area contributed by atoms with Gasteiger partial charge in [-0.1, -0.05) is 30.0 Å². The number of carbonyl (C=O) groups is 1. The molecule has 10 heteroatoms. The number of carbonyl (C=O) groups excluding carboxylic acids is 1. The fraction of sp³-hybridized carbons (Fsp3) is 0.286. The van der Waals surface area contributed by atoms with E-state index < -0.39 is 4.92 Å². The Balaban J connectivity index is 1.54. The number of benzene rings is 2. The van der Waals surface area contributed by atoms with Crippen LogP contribution in [0.2, 0.25) is 0 Å². The van der Waals surface area contributed by atoms with Crippen LogP contribution < -0.4 is 0 Å². The molecule has 1 saturated heterocycles. The highest BCUT2D eigenvalue weighted by Crippen LogP contribution is 2.27. The highest BCUT2D eigenvalue weighted by Gasteiger charge is 2.21. The number of nitrogens with zero attached hydrogens (tertiary/aromatic N) is 5. The number of thioether (sulfide) groups is 1. The Kier molecular flexibility index (Phi) is 6.28. The molecule has 1 fully saturated rings. The summed E-state index contributed by atoms with van der Waals surface area (Å²) in [4.78, 5) is 25.3. The SMILES string of the molecule is Cc1nnc(SCc2ccccc2C(=O)N2CCOCC2)n1-c1ccc([N+](=O)[O-])cc1. The smallest absolute Gasteiger partial charge is 0.269 e. The van der Waals surface area contributed by atoms with E-state index in [0.717, 1.165) is 11.3 Å². The van der Waals surface area contributed by atoms with Crippen molar-refractivity contribution in [2.75, 3.05) is 26.3 Å². The number of amides is 1. The van der Waals surface area contributed by atoms with Crippen molar-refractivity contribution in [2.24, 2.45) is 0 Å². The summed E-state index contributed by atoms with van der Waals surface area (Å²) in [5.41, 5.74) is 2.36. The number of ether oxygens (including phenoxy) is 1. The minimum Gasteiger partial charge on any atom is -0.378 e. The zero-order valence-corrected chi connectivity index (χ0v) is 17.7. The van der Waals surface area contributed by atoms with Crippen LogP contribution in [0.1, 0.15) is 21.7 Å². The van der Waals surface area contributed by atoms with Gasteiger partial charge in [-0.2, -0.15) is 0 Å². The summed E-state index contributed by atoms with van der Waals surface area (Å²) in [6, 6.07) is 13.8. The van der Waals surface area contributed by atoms with Crippen LogP contribution in [0.25, 0.3) is 5.69 Å². The Morgan fingerprint density at radius 2 is 1.84 bits per heavy atom. The van der Waals surface area contributed by atoms with Crippen molar-refractivity contribution >= 4 is 23.4 Å². The van der Waals surface area contributed by atoms with Crippen LogP contribution >= 0.6 is 11.8 Å². The molecule has 0 atom stereocenters. The molecule has 1 aromatic heterocycles. The van der Waals surface area contributed by atoms with Gasteiger partial charge in [0.2, 0.25) is 0 Å². The molecule has 0 bridgehead atoms. The second kappa shape index (κ2) is 9.27. The first-order chi connectivity index (χ1) is 15.0. The molecule has 160 valence electrons. The van der Waals surface area contributed by atoms with Gasteiger partial charge in [0.15, 0.2) is 5.16 Å². The molecule has 4 rings (SSSR count). The van der Waals surface area contributed by atoms with E-state index in [2.05, 4.69) is 10.2 Å². The third-order valence-electron chi connectivity index (χ3n) is 5.02. The molecule has 0 saturated carbocycles. The molecule has 1 amide bonds. The van der Waals surface area contributed by atoms with Crippen molar-refractivity contribution in [3.8, 4) is 5.69 Å². The highest BCUT2D eigenvalue weighted by atomic mass is 32.2. The normalized spacial score (nSPS) is 13.9. The Bertz CT molecular complexity index is 1090. The first kappa shape index (κ1) is 21.0. The summed E-state index contributed by atoms with van der Waals surface area (Å²) < 4.78 is 7.19. The molecule has 0 radical (unpaired) electrons. The summed E-state index contributed by atoms with van der Waals surface area (Å²) in [5, 5.41) is 20.0. The molecule has 0 N–H and O–H groups in total. The molecule has 9 nitrogen and oxygen atoms in total. The molecule has 0 aliphatic carbocycles. The Labute approximate surface area is 183 Å². The summed E-state index contributed by atoms with van der Waals surface area (Å²) in [6.07, 6.45) is 0. The van der Waals surface area contributed by atoms with E-state index in [9.17, 15) is 14.9 Å². The second-order valence-electron chi connectivity index (χ2n) is 6.99. The zero-order chi connectivity index (χ0) is 21.8. The third kappa shape index (κ3) is 4.59. The van der Waals surface area contributed by atoms with E-state index in [1.54, 1.807) is 12.1 Å². The van der Waals surface area contributed by atoms with Crippen LogP contribution in [0.15, 0.2) is 53.7 Å². The maximum atomic E-state index is 13.0. The lowest BCUT2D eigenvalue weighted by molar-refractivity contribution is -0.384. The average Bonchev–Trinajstić information content (AvgIpc) is 3.18. The fourth-order valence-corrected chi connectivity index (χ4v) is 4.39. The molecular formula is C21H21N5O4S. The van der Waals surface area contributed by atoms with Crippen molar-refractivity contribution in [3.05, 3.63) is 75.6 Å². The Morgan fingerprint density at radius 1 is 1.13 bits per heavy atom. The van der Waals surface area contributed by atoms with Crippen molar-refractivity contribution in [1.82, 2.24) is 19.7 Å². The van der Waals surface area contributed by atoms with E-state index in [0.29, 0.717) is 48.6 Å². The van der Waals surface area contributed by atoms with Gasteiger partial charge in [0.25, 0.3) is 11.6 Å². The van der Waals surface area contributed by atoms with Gasteiger partial charge in [0.1, 0.15) is 5.82 Å². The first-order valence-electron chi connectivity index (χ1n) is 9.79. The number of non-ortho nitro benzene ring substituents is 1. The van der Waals surface area contributed by atoms with Crippen molar-refractivity contribution in [3.63, 3.8) is 0 Å². The molecule has 1 aliphatic rings. The molecule has 1 aliphatic heterocycles. The summed E-state index contributed by atoms with van der Waals surface area (Å²) in [6.45, 7) is 4.12. The number of nitro groups is 1. The maximum Gasteiger partial charge on any atom is 0.269 e. The van der Waals surface area contributed by atoms with Crippen LogP contribution in [0.3, 0.4) is 0 Å². The van der Waals surface area contributed by atoms with Gasteiger partial charge in [0.05, 0.1) is 18.1 Å². The van der Waals surface area contributed by atoms with Gasteiger partial charge in [0, 0.05) is 42.2 Å². The molecular weight excluding hydrogens is 418 g/mol. The van der Waals surface area contributed by atoms with Gasteiger partial charge in [-0.15, -0.1) is 10.2 Å². The third-order valence-corrected chi connectivity index (χ3v) is 5.99.